The largest absolute Gasteiger partial charge is 0.272 e. The minimum Gasteiger partial charge on any atom is -0.272 e. The van der Waals surface area contributed by atoms with Gasteiger partial charge in [0, 0.05) is 29.4 Å². The van der Waals surface area contributed by atoms with Gasteiger partial charge in [-0.25, -0.2) is 0 Å². The van der Waals surface area contributed by atoms with Gasteiger partial charge in [-0.1, -0.05) is 12.1 Å². The molecule has 0 unspecified atom stereocenters. The smallest absolute Gasteiger partial charge is 0.148 e. The second-order valence-electron chi connectivity index (χ2n) is 4.01. The Balaban J connectivity index is 2.76. The molecule has 90 valence electrons. The number of nitrogens with zero attached hydrogens (tertiary/aromatic N) is 5. The second-order valence-corrected chi connectivity index (χ2v) is 4.01. The summed E-state index contributed by atoms with van der Waals surface area (Å²) < 4.78 is 1.73. The molecule has 1 aliphatic carbocycles. The van der Waals surface area contributed by atoms with Gasteiger partial charge in [-0.2, -0.15) is 20.9 Å². The summed E-state index contributed by atoms with van der Waals surface area (Å²) in [4.78, 5) is 0. The highest BCUT2D eigenvalue weighted by molar-refractivity contribution is 5.93. The van der Waals surface area contributed by atoms with Gasteiger partial charge in [0.1, 0.15) is 23.8 Å². The van der Waals surface area contributed by atoms with E-state index in [1.165, 1.54) is 0 Å². The maximum atomic E-state index is 9.18. The van der Waals surface area contributed by atoms with E-state index in [2.05, 4.69) is 5.10 Å². The van der Waals surface area contributed by atoms with Crippen LogP contribution in [0.3, 0.4) is 0 Å². The van der Waals surface area contributed by atoms with E-state index in [1.54, 1.807) is 29.1 Å². The first-order chi connectivity index (χ1) is 9.13. The lowest BCUT2D eigenvalue weighted by molar-refractivity contribution is 0.710. The number of hydrogen-bond acceptors (Lipinski definition) is 4. The van der Waals surface area contributed by atoms with Crippen molar-refractivity contribution >= 4 is 5.57 Å². The van der Waals surface area contributed by atoms with Crippen molar-refractivity contribution in [2.45, 2.75) is 6.92 Å². The molecule has 0 aromatic rings. The number of aryl methyl sites for hydroxylation is 1. The van der Waals surface area contributed by atoms with Gasteiger partial charge in [0.05, 0.1) is 11.8 Å². The van der Waals surface area contributed by atoms with Crippen molar-refractivity contribution in [1.82, 2.24) is 9.78 Å². The third kappa shape index (κ3) is 1.82. The number of allylic oxidation sites excluding steroid dienone is 2. The summed E-state index contributed by atoms with van der Waals surface area (Å²) in [5, 5.41) is 31.2. The van der Waals surface area contributed by atoms with Gasteiger partial charge in [-0.3, -0.25) is 4.68 Å². The van der Waals surface area contributed by atoms with Crippen molar-refractivity contribution in [3.8, 4) is 29.3 Å². The number of hydrogen-bond donors (Lipinski definition) is 0. The van der Waals surface area contributed by atoms with Gasteiger partial charge in [0.2, 0.25) is 0 Å². The molecule has 0 bridgehead atoms. The summed E-state index contributed by atoms with van der Waals surface area (Å²) >= 11 is 0. The molecule has 1 aliphatic heterocycles. The molecule has 0 aromatic heterocycles. The highest BCUT2D eigenvalue weighted by atomic mass is 15.2. The Bertz CT molecular complexity index is 758. The monoisotopic (exact) mass is 247 g/mol. The quantitative estimate of drug-likeness (QED) is 0.722. The van der Waals surface area contributed by atoms with Crippen molar-refractivity contribution in [1.29, 1.82) is 15.8 Å². The molecule has 0 saturated heterocycles. The standard InChI is InChI=1S/C14H9N5/c1-9-11-3-4-12(14(11)8-18-19(9)2)13(7-17)10(5-15)6-16/h3-4,8H,1-2H3. The molecule has 0 spiro atoms. The molecule has 0 aromatic carbocycles. The predicted octanol–water partition coefficient (Wildman–Crippen LogP) is 2.16. The van der Waals surface area contributed by atoms with E-state index in [9.17, 15) is 5.26 Å². The molecule has 0 fully saturated rings. The number of nitriles is 3. The van der Waals surface area contributed by atoms with E-state index in [0.717, 1.165) is 16.8 Å². The first-order valence-electron chi connectivity index (χ1n) is 5.50. The maximum absolute atomic E-state index is 9.18. The van der Waals surface area contributed by atoms with Crippen molar-refractivity contribution in [2.75, 3.05) is 0 Å². The van der Waals surface area contributed by atoms with Gasteiger partial charge < -0.3 is 0 Å². The van der Waals surface area contributed by atoms with Gasteiger partial charge in [-0.15, -0.1) is 0 Å². The Labute approximate surface area is 110 Å². The zero-order chi connectivity index (χ0) is 14.0. The Morgan fingerprint density at radius 1 is 1.11 bits per heavy atom. The summed E-state index contributed by atoms with van der Waals surface area (Å²) in [7, 11) is 1.83. The van der Waals surface area contributed by atoms with Crippen molar-refractivity contribution in [2.24, 2.45) is 7.05 Å². The van der Waals surface area contributed by atoms with Crippen LogP contribution in [0.15, 0.2) is 23.9 Å². The van der Waals surface area contributed by atoms with Crippen molar-refractivity contribution < 1.29 is 0 Å². The zero-order valence-electron chi connectivity index (χ0n) is 10.5. The highest BCUT2D eigenvalue weighted by Crippen LogP contribution is 2.34. The fourth-order valence-electron chi connectivity index (χ4n) is 1.96. The van der Waals surface area contributed by atoms with Gasteiger partial charge in [0.15, 0.2) is 0 Å². The van der Waals surface area contributed by atoms with Crippen molar-refractivity contribution in [3.63, 3.8) is 0 Å². The van der Waals surface area contributed by atoms with E-state index >= 15 is 0 Å². The third-order valence-electron chi connectivity index (χ3n) is 3.09. The lowest BCUT2D eigenvalue weighted by Crippen LogP contribution is -2.03. The molecular weight excluding hydrogens is 238 g/mol. The normalized spacial score (nSPS) is 9.42. The van der Waals surface area contributed by atoms with Crippen LogP contribution in [-0.4, -0.2) is 9.78 Å². The fourth-order valence-corrected chi connectivity index (χ4v) is 1.96. The number of rotatable bonds is 1. The number of fused-ring (bicyclic) bond motifs is 1. The van der Waals surface area contributed by atoms with Crippen LogP contribution in [0.5, 0.6) is 0 Å². The van der Waals surface area contributed by atoms with Crippen LogP contribution in [0.2, 0.25) is 0 Å². The Hall–Kier alpha value is -3.10. The van der Waals surface area contributed by atoms with E-state index in [1.807, 2.05) is 26.1 Å². The predicted molar refractivity (Wildman–Crippen MR) is 68.3 cm³/mol. The molecule has 0 saturated carbocycles. The SMILES string of the molecule is Cc1c2ccc(C(C#N)=C(C#N)C#N)c-2cnn1C. The van der Waals surface area contributed by atoms with Crippen molar-refractivity contribution in [3.05, 3.63) is 35.2 Å². The van der Waals surface area contributed by atoms with Crippen LogP contribution < -0.4 is 0 Å². The van der Waals surface area contributed by atoms with E-state index in [4.69, 9.17) is 10.5 Å². The first-order valence-corrected chi connectivity index (χ1v) is 5.50. The molecule has 0 atom stereocenters. The van der Waals surface area contributed by atoms with Gasteiger partial charge in [-0.05, 0) is 6.92 Å². The summed E-state index contributed by atoms with van der Waals surface area (Å²) in [5.41, 5.74) is 3.17. The third-order valence-corrected chi connectivity index (χ3v) is 3.09. The Morgan fingerprint density at radius 2 is 1.79 bits per heavy atom. The molecule has 5 nitrogen and oxygen atoms in total. The van der Waals surface area contributed by atoms with Crippen LogP contribution >= 0.6 is 0 Å². The van der Waals surface area contributed by atoms with Crippen LogP contribution in [0.4, 0.5) is 0 Å². The molecule has 5 heteroatoms. The lowest BCUT2D eigenvalue weighted by atomic mass is 9.99. The summed E-state index contributed by atoms with van der Waals surface area (Å²) in [5.74, 6) is 0. The molecule has 2 aliphatic rings. The second kappa shape index (κ2) is 4.64. The zero-order valence-corrected chi connectivity index (χ0v) is 10.5. The summed E-state index contributed by atoms with van der Waals surface area (Å²) in [6, 6.07) is 9.05. The first kappa shape index (κ1) is 12.4. The maximum Gasteiger partial charge on any atom is 0.148 e. The van der Waals surface area contributed by atoms with Gasteiger partial charge >= 0.3 is 0 Å². The fraction of sp³-hybridized carbons (Fsp3) is 0.143. The van der Waals surface area contributed by atoms with Crippen LogP contribution in [0, 0.1) is 40.9 Å². The molecule has 0 N–H and O–H groups in total. The summed E-state index contributed by atoms with van der Waals surface area (Å²) in [6.45, 7) is 1.92. The van der Waals surface area contributed by atoms with E-state index in [0.29, 0.717) is 5.56 Å². The van der Waals surface area contributed by atoms with Crippen LogP contribution in [0.25, 0.3) is 16.7 Å². The average Bonchev–Trinajstić information content (AvgIpc) is 2.84. The minimum absolute atomic E-state index is 0.0926. The van der Waals surface area contributed by atoms with E-state index < -0.39 is 0 Å². The molecule has 19 heavy (non-hydrogen) atoms. The summed E-state index contributed by atoms with van der Waals surface area (Å²) in [6.07, 6.45) is 1.64. The van der Waals surface area contributed by atoms with Gasteiger partial charge in [0.25, 0.3) is 0 Å². The number of aromatic nitrogens is 2. The van der Waals surface area contributed by atoms with Crippen LogP contribution in [0.1, 0.15) is 11.3 Å². The van der Waals surface area contributed by atoms with E-state index in [-0.39, 0.29) is 11.1 Å². The topological polar surface area (TPSA) is 89.2 Å². The highest BCUT2D eigenvalue weighted by Gasteiger charge is 2.19. The Morgan fingerprint density at radius 3 is 2.37 bits per heavy atom. The lowest BCUT2D eigenvalue weighted by Gasteiger charge is -2.10. The molecule has 2 rings (SSSR count). The molecule has 0 amide bonds. The molecule has 0 radical (unpaired) electrons. The molecular formula is C14H9N5. The molecule has 1 heterocycles. The van der Waals surface area contributed by atoms with Crippen LogP contribution in [-0.2, 0) is 7.05 Å². The Kier molecular flexibility index (Phi) is 3.02. The average molecular weight is 247 g/mol. The minimum atomic E-state index is -0.180.